The number of hydrogen-bond acceptors (Lipinski definition) is 4. The van der Waals surface area contributed by atoms with E-state index in [0.29, 0.717) is 5.69 Å². The molecule has 0 atom stereocenters. The quantitative estimate of drug-likeness (QED) is 0.792. The standard InChI is InChI=1S/C15H14BrN3O/c1-19(8-10-4-5-20-9-10)15-12-6-11(16)2-3-14(12)18-7-13(15)17/h2-7,9H,8,17H2,1H3. The summed E-state index contributed by atoms with van der Waals surface area (Å²) >= 11 is 3.50. The Morgan fingerprint density at radius 1 is 1.35 bits per heavy atom. The Balaban J connectivity index is 2.09. The first-order valence-electron chi connectivity index (χ1n) is 6.21. The van der Waals surface area contributed by atoms with Gasteiger partial charge in [-0.2, -0.15) is 0 Å². The highest BCUT2D eigenvalue weighted by Gasteiger charge is 2.12. The van der Waals surface area contributed by atoms with Crippen LogP contribution in [0.3, 0.4) is 0 Å². The number of hydrogen-bond donors (Lipinski definition) is 1. The van der Waals surface area contributed by atoms with Gasteiger partial charge in [-0.15, -0.1) is 0 Å². The first-order valence-corrected chi connectivity index (χ1v) is 7.00. The van der Waals surface area contributed by atoms with Crippen LogP contribution in [-0.2, 0) is 6.54 Å². The van der Waals surface area contributed by atoms with Crippen molar-refractivity contribution >= 4 is 38.2 Å². The normalized spacial score (nSPS) is 10.9. The molecule has 0 fully saturated rings. The van der Waals surface area contributed by atoms with E-state index in [2.05, 4.69) is 25.8 Å². The van der Waals surface area contributed by atoms with Crippen LogP contribution in [0, 0.1) is 0 Å². The van der Waals surface area contributed by atoms with Gasteiger partial charge >= 0.3 is 0 Å². The molecule has 3 aromatic rings. The van der Waals surface area contributed by atoms with Crippen LogP contribution >= 0.6 is 15.9 Å². The predicted molar refractivity (Wildman–Crippen MR) is 84.7 cm³/mol. The third-order valence-corrected chi connectivity index (χ3v) is 3.70. The largest absolute Gasteiger partial charge is 0.472 e. The maximum atomic E-state index is 6.12. The van der Waals surface area contributed by atoms with Crippen LogP contribution in [0.1, 0.15) is 5.56 Å². The van der Waals surface area contributed by atoms with Gasteiger partial charge in [0, 0.05) is 29.0 Å². The van der Waals surface area contributed by atoms with Gasteiger partial charge in [-0.25, -0.2) is 0 Å². The van der Waals surface area contributed by atoms with Crippen LogP contribution in [0.15, 0.2) is 51.9 Å². The minimum atomic E-state index is 0.668. The van der Waals surface area contributed by atoms with Crippen molar-refractivity contribution in [3.63, 3.8) is 0 Å². The Morgan fingerprint density at radius 3 is 2.95 bits per heavy atom. The smallest absolute Gasteiger partial charge is 0.0952 e. The van der Waals surface area contributed by atoms with Gasteiger partial charge in [-0.3, -0.25) is 4.98 Å². The van der Waals surface area contributed by atoms with Crippen molar-refractivity contribution in [3.8, 4) is 0 Å². The molecule has 0 aliphatic rings. The van der Waals surface area contributed by atoms with Crippen LogP contribution in [-0.4, -0.2) is 12.0 Å². The van der Waals surface area contributed by atoms with Crippen molar-refractivity contribution in [1.29, 1.82) is 0 Å². The molecule has 0 spiro atoms. The van der Waals surface area contributed by atoms with Crippen molar-refractivity contribution in [3.05, 3.63) is 53.0 Å². The van der Waals surface area contributed by atoms with E-state index < -0.39 is 0 Å². The molecule has 0 bridgehead atoms. The second-order valence-corrected chi connectivity index (χ2v) is 5.63. The van der Waals surface area contributed by atoms with Crippen LogP contribution in [0.25, 0.3) is 10.9 Å². The van der Waals surface area contributed by atoms with Crippen LogP contribution in [0.2, 0.25) is 0 Å². The number of furan rings is 1. The number of aromatic nitrogens is 1. The number of nitrogens with zero attached hydrogens (tertiary/aromatic N) is 2. The molecule has 5 heteroatoms. The van der Waals surface area contributed by atoms with E-state index in [1.165, 1.54) is 0 Å². The average Bonchev–Trinajstić information content (AvgIpc) is 2.91. The summed E-state index contributed by atoms with van der Waals surface area (Å²) in [6.45, 7) is 0.728. The summed E-state index contributed by atoms with van der Waals surface area (Å²) in [6, 6.07) is 7.95. The zero-order valence-electron chi connectivity index (χ0n) is 11.0. The van der Waals surface area contributed by atoms with Gasteiger partial charge in [-0.05, 0) is 24.3 Å². The zero-order valence-corrected chi connectivity index (χ0v) is 12.6. The molecule has 0 saturated carbocycles. The van der Waals surface area contributed by atoms with Gasteiger partial charge in [-0.1, -0.05) is 15.9 Å². The molecule has 3 rings (SSSR count). The summed E-state index contributed by atoms with van der Waals surface area (Å²) in [5.41, 5.74) is 9.81. The third-order valence-electron chi connectivity index (χ3n) is 3.21. The summed E-state index contributed by atoms with van der Waals surface area (Å²) in [5.74, 6) is 0. The minimum absolute atomic E-state index is 0.668. The molecule has 2 N–H and O–H groups in total. The van der Waals surface area contributed by atoms with E-state index in [9.17, 15) is 0 Å². The highest BCUT2D eigenvalue weighted by Crippen LogP contribution is 2.33. The van der Waals surface area contributed by atoms with E-state index in [4.69, 9.17) is 10.2 Å². The lowest BCUT2D eigenvalue weighted by Gasteiger charge is -2.22. The van der Waals surface area contributed by atoms with Crippen molar-refractivity contribution in [2.45, 2.75) is 6.54 Å². The fourth-order valence-corrected chi connectivity index (χ4v) is 2.69. The van der Waals surface area contributed by atoms with Crippen LogP contribution in [0.4, 0.5) is 11.4 Å². The lowest BCUT2D eigenvalue weighted by molar-refractivity contribution is 0.563. The Morgan fingerprint density at radius 2 is 2.20 bits per heavy atom. The molecule has 20 heavy (non-hydrogen) atoms. The van der Waals surface area contributed by atoms with E-state index in [1.54, 1.807) is 18.7 Å². The molecule has 0 saturated heterocycles. The number of anilines is 2. The third kappa shape index (κ3) is 2.36. The van der Waals surface area contributed by atoms with E-state index in [1.807, 2.05) is 31.3 Å². The van der Waals surface area contributed by atoms with Gasteiger partial charge in [0.25, 0.3) is 0 Å². The minimum Gasteiger partial charge on any atom is -0.472 e. The average molecular weight is 332 g/mol. The Bertz CT molecular complexity index is 735. The molecule has 4 nitrogen and oxygen atoms in total. The molecule has 1 aromatic carbocycles. The van der Waals surface area contributed by atoms with Crippen molar-refractivity contribution in [2.75, 3.05) is 17.7 Å². The summed E-state index contributed by atoms with van der Waals surface area (Å²) in [6.07, 6.45) is 5.12. The van der Waals surface area contributed by atoms with Gasteiger partial charge < -0.3 is 15.1 Å². The number of rotatable bonds is 3. The molecule has 0 amide bonds. The summed E-state index contributed by atoms with van der Waals surface area (Å²) < 4.78 is 6.12. The highest BCUT2D eigenvalue weighted by atomic mass is 79.9. The molecule has 0 unspecified atom stereocenters. The number of nitrogen functional groups attached to an aromatic ring is 1. The second-order valence-electron chi connectivity index (χ2n) is 4.71. The van der Waals surface area contributed by atoms with Crippen molar-refractivity contribution < 1.29 is 4.42 Å². The van der Waals surface area contributed by atoms with Crippen molar-refractivity contribution in [1.82, 2.24) is 4.98 Å². The van der Waals surface area contributed by atoms with E-state index >= 15 is 0 Å². The maximum Gasteiger partial charge on any atom is 0.0952 e. The number of nitrogens with two attached hydrogens (primary N) is 1. The van der Waals surface area contributed by atoms with Crippen LogP contribution in [0.5, 0.6) is 0 Å². The Labute approximate surface area is 125 Å². The Kier molecular flexibility index (Phi) is 3.36. The molecular formula is C15H14BrN3O. The van der Waals surface area contributed by atoms with Crippen LogP contribution < -0.4 is 10.6 Å². The molecule has 2 heterocycles. The molecule has 0 aliphatic carbocycles. The van der Waals surface area contributed by atoms with E-state index in [-0.39, 0.29) is 0 Å². The topological polar surface area (TPSA) is 55.3 Å². The second kappa shape index (κ2) is 5.17. The molecule has 0 radical (unpaired) electrons. The van der Waals surface area contributed by atoms with Gasteiger partial charge in [0.05, 0.1) is 35.6 Å². The maximum absolute atomic E-state index is 6.12. The Hall–Kier alpha value is -2.01. The lowest BCUT2D eigenvalue weighted by atomic mass is 10.1. The molecule has 2 aromatic heterocycles. The predicted octanol–water partition coefficient (Wildman–Crippen LogP) is 3.81. The lowest BCUT2D eigenvalue weighted by Crippen LogP contribution is -2.18. The summed E-state index contributed by atoms with van der Waals surface area (Å²) in [4.78, 5) is 6.48. The molecule has 0 aliphatic heterocycles. The van der Waals surface area contributed by atoms with Gasteiger partial charge in [0.2, 0.25) is 0 Å². The fraction of sp³-hybridized carbons (Fsp3) is 0.133. The SMILES string of the molecule is CN(Cc1ccoc1)c1c(N)cnc2ccc(Br)cc12. The highest BCUT2D eigenvalue weighted by molar-refractivity contribution is 9.10. The van der Waals surface area contributed by atoms with E-state index in [0.717, 1.165) is 33.2 Å². The summed E-state index contributed by atoms with van der Waals surface area (Å²) in [5, 5.41) is 1.03. The van der Waals surface area contributed by atoms with Crippen molar-refractivity contribution in [2.24, 2.45) is 0 Å². The van der Waals surface area contributed by atoms with Gasteiger partial charge in [0.1, 0.15) is 0 Å². The monoisotopic (exact) mass is 331 g/mol. The van der Waals surface area contributed by atoms with Gasteiger partial charge in [0.15, 0.2) is 0 Å². The molecular weight excluding hydrogens is 318 g/mol. The first-order chi connectivity index (χ1) is 9.65. The molecule has 102 valence electrons. The number of pyridine rings is 1. The fourth-order valence-electron chi connectivity index (χ4n) is 2.33. The number of fused-ring (bicyclic) bond motifs is 1. The number of halogens is 1. The number of benzene rings is 1. The summed E-state index contributed by atoms with van der Waals surface area (Å²) in [7, 11) is 2.01. The zero-order chi connectivity index (χ0) is 14.1. The first kappa shape index (κ1) is 13.0.